The Hall–Kier alpha value is -0.610. The van der Waals surface area contributed by atoms with E-state index in [4.69, 9.17) is 20.9 Å². The number of aromatic nitrogens is 2. The summed E-state index contributed by atoms with van der Waals surface area (Å²) in [7, 11) is 0. The molecule has 1 aromatic rings. The predicted octanol–water partition coefficient (Wildman–Crippen LogP) is 2.87. The highest BCUT2D eigenvalue weighted by molar-refractivity contribution is 6.20. The van der Waals surface area contributed by atoms with Crippen LogP contribution in [0.3, 0.4) is 0 Å². The molecule has 0 amide bonds. The minimum Gasteiger partial charge on any atom is -0.378 e. The number of hydrogen-bond acceptors (Lipinski definition) is 4. The Morgan fingerprint density at radius 3 is 3.06 bits per heavy atom. The first-order chi connectivity index (χ1) is 7.79. The topological polar surface area (TPSA) is 48.2 Å². The van der Waals surface area contributed by atoms with Crippen LogP contribution in [0.2, 0.25) is 0 Å². The largest absolute Gasteiger partial charge is 0.378 e. The van der Waals surface area contributed by atoms with Crippen LogP contribution in [0.5, 0.6) is 0 Å². The number of rotatable bonds is 4. The third kappa shape index (κ3) is 2.95. The van der Waals surface area contributed by atoms with Crippen LogP contribution in [0.4, 0.5) is 0 Å². The van der Waals surface area contributed by atoms with Crippen LogP contribution >= 0.6 is 11.6 Å². The molecule has 16 heavy (non-hydrogen) atoms. The van der Waals surface area contributed by atoms with Crippen molar-refractivity contribution in [1.29, 1.82) is 0 Å². The highest BCUT2D eigenvalue weighted by Crippen LogP contribution is 2.22. The van der Waals surface area contributed by atoms with Crippen LogP contribution < -0.4 is 0 Å². The molecule has 0 radical (unpaired) electrons. The fourth-order valence-corrected chi connectivity index (χ4v) is 1.91. The molecule has 2 unspecified atom stereocenters. The van der Waals surface area contributed by atoms with Gasteiger partial charge in [0.2, 0.25) is 5.89 Å². The predicted molar refractivity (Wildman–Crippen MR) is 60.5 cm³/mol. The molecule has 0 bridgehead atoms. The fraction of sp³-hybridized carbons (Fsp3) is 0.818. The van der Waals surface area contributed by atoms with Gasteiger partial charge in [0.1, 0.15) is 0 Å². The summed E-state index contributed by atoms with van der Waals surface area (Å²) in [4.78, 5) is 4.29. The van der Waals surface area contributed by atoms with Crippen molar-refractivity contribution in [2.75, 3.05) is 6.61 Å². The quantitative estimate of drug-likeness (QED) is 0.765. The van der Waals surface area contributed by atoms with Crippen molar-refractivity contribution in [3.63, 3.8) is 0 Å². The summed E-state index contributed by atoms with van der Waals surface area (Å²) < 4.78 is 10.8. The number of nitrogens with zero attached hydrogens (tertiary/aromatic N) is 2. The minimum atomic E-state index is -0.148. The maximum Gasteiger partial charge on any atom is 0.229 e. The molecule has 2 atom stereocenters. The Bertz CT molecular complexity index is 324. The third-order valence-electron chi connectivity index (χ3n) is 2.80. The van der Waals surface area contributed by atoms with E-state index in [1.807, 2.05) is 6.92 Å². The van der Waals surface area contributed by atoms with Crippen molar-refractivity contribution in [3.8, 4) is 0 Å². The van der Waals surface area contributed by atoms with Gasteiger partial charge in [0.15, 0.2) is 5.82 Å². The van der Waals surface area contributed by atoms with Gasteiger partial charge in [-0.2, -0.15) is 4.98 Å². The van der Waals surface area contributed by atoms with E-state index in [9.17, 15) is 0 Å². The Morgan fingerprint density at radius 1 is 1.50 bits per heavy atom. The van der Waals surface area contributed by atoms with Gasteiger partial charge in [0.05, 0.1) is 17.9 Å². The number of ether oxygens (including phenoxy) is 1. The average Bonchev–Trinajstić information content (AvgIpc) is 2.78. The number of alkyl halides is 1. The summed E-state index contributed by atoms with van der Waals surface area (Å²) in [5.41, 5.74) is 0. The lowest BCUT2D eigenvalue weighted by molar-refractivity contribution is 0.0124. The molecule has 90 valence electrons. The van der Waals surface area contributed by atoms with E-state index >= 15 is 0 Å². The lowest BCUT2D eigenvalue weighted by Gasteiger charge is -2.20. The van der Waals surface area contributed by atoms with Gasteiger partial charge in [-0.05, 0) is 25.7 Å². The van der Waals surface area contributed by atoms with Gasteiger partial charge in [-0.25, -0.2) is 0 Å². The second-order valence-corrected chi connectivity index (χ2v) is 4.64. The van der Waals surface area contributed by atoms with Crippen molar-refractivity contribution in [1.82, 2.24) is 10.1 Å². The second-order valence-electron chi connectivity index (χ2n) is 4.11. The van der Waals surface area contributed by atoms with Crippen LogP contribution in [0.25, 0.3) is 0 Å². The summed E-state index contributed by atoms with van der Waals surface area (Å²) in [6.07, 6.45) is 5.21. The van der Waals surface area contributed by atoms with Crippen LogP contribution in [0, 0.1) is 0 Å². The standard InChI is InChI=1S/C11H17ClN2O2/c1-2-9(12)11-13-10(16-14-11)7-8-5-3-4-6-15-8/h8-9H,2-7H2,1H3. The molecule has 0 aliphatic carbocycles. The highest BCUT2D eigenvalue weighted by Gasteiger charge is 2.19. The molecular formula is C11H17ClN2O2. The summed E-state index contributed by atoms with van der Waals surface area (Å²) >= 11 is 6.03. The van der Waals surface area contributed by atoms with Crippen molar-refractivity contribution < 1.29 is 9.26 Å². The van der Waals surface area contributed by atoms with Gasteiger partial charge in [-0.15, -0.1) is 11.6 Å². The lowest BCUT2D eigenvalue weighted by Crippen LogP contribution is -2.21. The van der Waals surface area contributed by atoms with Crippen LogP contribution in [-0.4, -0.2) is 22.9 Å². The summed E-state index contributed by atoms with van der Waals surface area (Å²) in [5.74, 6) is 1.23. The Labute approximate surface area is 100 Å². The molecular weight excluding hydrogens is 228 g/mol. The molecule has 1 aromatic heterocycles. The van der Waals surface area contributed by atoms with Crippen molar-refractivity contribution in [2.24, 2.45) is 0 Å². The average molecular weight is 245 g/mol. The monoisotopic (exact) mass is 244 g/mol. The Balaban J connectivity index is 1.91. The van der Waals surface area contributed by atoms with E-state index in [0.29, 0.717) is 18.1 Å². The van der Waals surface area contributed by atoms with Gasteiger partial charge in [-0.3, -0.25) is 0 Å². The van der Waals surface area contributed by atoms with E-state index in [1.54, 1.807) is 0 Å². The molecule has 1 aliphatic heterocycles. The fourth-order valence-electron chi connectivity index (χ4n) is 1.82. The number of hydrogen-bond donors (Lipinski definition) is 0. The van der Waals surface area contributed by atoms with E-state index in [2.05, 4.69) is 10.1 Å². The maximum atomic E-state index is 6.03. The van der Waals surface area contributed by atoms with Crippen LogP contribution in [0.15, 0.2) is 4.52 Å². The van der Waals surface area contributed by atoms with E-state index in [0.717, 1.165) is 25.9 Å². The molecule has 0 spiro atoms. The Morgan fingerprint density at radius 2 is 2.38 bits per heavy atom. The van der Waals surface area contributed by atoms with E-state index < -0.39 is 0 Å². The number of halogens is 1. The smallest absolute Gasteiger partial charge is 0.229 e. The third-order valence-corrected chi connectivity index (χ3v) is 3.30. The van der Waals surface area contributed by atoms with Crippen molar-refractivity contribution in [3.05, 3.63) is 11.7 Å². The van der Waals surface area contributed by atoms with Gasteiger partial charge in [-0.1, -0.05) is 12.1 Å². The van der Waals surface area contributed by atoms with Gasteiger partial charge in [0.25, 0.3) is 0 Å². The Kier molecular flexibility index (Phi) is 4.18. The molecule has 0 N–H and O–H groups in total. The second kappa shape index (κ2) is 5.64. The first-order valence-corrected chi connectivity index (χ1v) is 6.31. The molecule has 1 aliphatic rings. The normalized spacial score (nSPS) is 23.2. The summed E-state index contributed by atoms with van der Waals surface area (Å²) in [5, 5.41) is 3.73. The van der Waals surface area contributed by atoms with Crippen LogP contribution in [0.1, 0.15) is 49.7 Å². The lowest BCUT2D eigenvalue weighted by atomic mass is 10.1. The molecule has 1 fully saturated rings. The summed E-state index contributed by atoms with van der Waals surface area (Å²) in [6, 6.07) is 0. The molecule has 2 rings (SSSR count). The van der Waals surface area contributed by atoms with Crippen LogP contribution in [-0.2, 0) is 11.2 Å². The van der Waals surface area contributed by atoms with Gasteiger partial charge < -0.3 is 9.26 Å². The zero-order chi connectivity index (χ0) is 11.4. The molecule has 4 nitrogen and oxygen atoms in total. The zero-order valence-corrected chi connectivity index (χ0v) is 10.2. The first kappa shape index (κ1) is 11.9. The van der Waals surface area contributed by atoms with E-state index in [-0.39, 0.29) is 11.5 Å². The van der Waals surface area contributed by atoms with Gasteiger partial charge in [0, 0.05) is 6.61 Å². The molecule has 0 aromatic carbocycles. The molecule has 5 heteroatoms. The minimum absolute atomic E-state index is 0.148. The molecule has 0 saturated carbocycles. The zero-order valence-electron chi connectivity index (χ0n) is 9.49. The molecule has 1 saturated heterocycles. The van der Waals surface area contributed by atoms with Crippen molar-refractivity contribution >= 4 is 11.6 Å². The maximum absolute atomic E-state index is 6.03. The van der Waals surface area contributed by atoms with Gasteiger partial charge >= 0.3 is 0 Å². The van der Waals surface area contributed by atoms with Crippen molar-refractivity contribution in [2.45, 2.75) is 50.5 Å². The van der Waals surface area contributed by atoms with E-state index in [1.165, 1.54) is 6.42 Å². The molecule has 2 heterocycles. The first-order valence-electron chi connectivity index (χ1n) is 5.87. The highest BCUT2D eigenvalue weighted by atomic mass is 35.5. The SMILES string of the molecule is CCC(Cl)c1noc(CC2CCCCO2)n1. The summed E-state index contributed by atoms with van der Waals surface area (Å²) in [6.45, 7) is 2.84.